The third-order valence-electron chi connectivity index (χ3n) is 23.2. The monoisotopic (exact) mass is 1210 g/mol. The summed E-state index contributed by atoms with van der Waals surface area (Å²) in [7, 11) is 0. The van der Waals surface area contributed by atoms with Crippen molar-refractivity contribution in [1.82, 2.24) is 0 Å². The van der Waals surface area contributed by atoms with Gasteiger partial charge in [0.2, 0.25) is 0 Å². The summed E-state index contributed by atoms with van der Waals surface area (Å²) in [4.78, 5) is 8.14. The van der Waals surface area contributed by atoms with Crippen molar-refractivity contribution < 1.29 is 0 Å². The van der Waals surface area contributed by atoms with Gasteiger partial charge in [0.25, 0.3) is 6.71 Å². The number of fused-ring (bicyclic) bond motifs is 10. The summed E-state index contributed by atoms with van der Waals surface area (Å²) in [5.74, 6) is 0. The molecule has 90 heavy (non-hydrogen) atoms. The molecule has 0 radical (unpaired) electrons. The van der Waals surface area contributed by atoms with Gasteiger partial charge in [-0.1, -0.05) is 212 Å². The van der Waals surface area contributed by atoms with Crippen molar-refractivity contribution in [3.05, 3.63) is 189 Å². The minimum absolute atomic E-state index is 0.00318. The van der Waals surface area contributed by atoms with Crippen molar-refractivity contribution in [3.63, 3.8) is 0 Å². The van der Waals surface area contributed by atoms with Crippen LogP contribution in [0.25, 0.3) is 20.2 Å². The van der Waals surface area contributed by atoms with Gasteiger partial charge in [0.1, 0.15) is 0 Å². The van der Waals surface area contributed by atoms with Gasteiger partial charge in [0.15, 0.2) is 0 Å². The Morgan fingerprint density at radius 3 is 1.34 bits per heavy atom. The van der Waals surface area contributed by atoms with Crippen LogP contribution in [0.4, 0.5) is 51.2 Å². The lowest BCUT2D eigenvalue weighted by Gasteiger charge is -2.48. The minimum atomic E-state index is -0.0789. The average molecular weight is 1210 g/mol. The number of anilines is 9. The van der Waals surface area contributed by atoms with Crippen molar-refractivity contribution in [1.29, 1.82) is 0 Å². The largest absolute Gasteiger partial charge is 0.311 e. The first kappa shape index (κ1) is 61.0. The van der Waals surface area contributed by atoms with Gasteiger partial charge in [-0.15, -0.1) is 11.3 Å². The highest BCUT2D eigenvalue weighted by Crippen LogP contribution is 2.57. The van der Waals surface area contributed by atoms with Crippen molar-refractivity contribution in [2.24, 2.45) is 0 Å². The van der Waals surface area contributed by atoms with E-state index in [9.17, 15) is 0 Å². The first-order chi connectivity index (χ1) is 41.9. The Labute approximate surface area is 545 Å². The van der Waals surface area contributed by atoms with E-state index < -0.39 is 0 Å². The van der Waals surface area contributed by atoms with Crippen molar-refractivity contribution in [2.75, 3.05) is 14.7 Å². The van der Waals surface area contributed by atoms with E-state index in [0.29, 0.717) is 0 Å². The zero-order valence-corrected chi connectivity index (χ0v) is 59.6. The minimum Gasteiger partial charge on any atom is -0.311 e. The van der Waals surface area contributed by atoms with Crippen molar-refractivity contribution in [2.45, 2.75) is 240 Å². The molecule has 0 fully saturated rings. The summed E-state index contributed by atoms with van der Waals surface area (Å²) in [5, 5.41) is 2.72. The normalized spacial score (nSPS) is 19.0. The van der Waals surface area contributed by atoms with Crippen LogP contribution in [0, 0.1) is 6.92 Å². The highest BCUT2D eigenvalue weighted by molar-refractivity contribution is 7.26. The Bertz CT molecular complexity index is 4380. The van der Waals surface area contributed by atoms with Crippen LogP contribution in [0.1, 0.15) is 240 Å². The number of rotatable bonds is 5. The Hall–Kier alpha value is -6.56. The summed E-state index contributed by atoms with van der Waals surface area (Å²) in [6, 6.07) is 55.1. The molecule has 5 heteroatoms. The molecule has 1 aromatic heterocycles. The molecule has 464 valence electrons. The molecule has 8 aromatic carbocycles. The molecule has 0 amide bonds. The molecule has 0 atom stereocenters. The van der Waals surface area contributed by atoms with Gasteiger partial charge in [-0.05, 0) is 238 Å². The molecular weight excluding hydrogens is 1110 g/mol. The molecule has 9 aromatic rings. The maximum Gasteiger partial charge on any atom is 0.252 e. The van der Waals surface area contributed by atoms with E-state index in [1.165, 1.54) is 139 Å². The third-order valence-corrected chi connectivity index (χ3v) is 24.4. The van der Waals surface area contributed by atoms with Gasteiger partial charge < -0.3 is 14.7 Å². The van der Waals surface area contributed by atoms with Gasteiger partial charge in [-0.3, -0.25) is 0 Å². The lowest BCUT2D eigenvalue weighted by Crippen LogP contribution is -2.62. The SMILES string of the molecule is Cc1cc2c(cc1N1c3cc4sc5c(C(C)(C)C)cccc5c4cc3B3c4cc5c(cc4N(c4ccc6c(c4)C(C)(C)CCC6(C)C)c4cc(N(c6ccc(C(C)(C)C)cc6)c6ccc(C(C)(C)C)cc6)cc1c43)C(C)(C)CCC5(C)C)C(C)(C)CCC2(C)C. The van der Waals surface area contributed by atoms with Gasteiger partial charge in [-0.2, -0.15) is 0 Å². The second-order valence-corrected chi connectivity index (χ2v) is 36.6. The van der Waals surface area contributed by atoms with E-state index in [-0.39, 0.29) is 55.4 Å². The summed E-state index contributed by atoms with van der Waals surface area (Å²) in [5.41, 5.74) is 29.6. The summed E-state index contributed by atoms with van der Waals surface area (Å²) >= 11 is 2.00. The fourth-order valence-corrected chi connectivity index (χ4v) is 18.4. The highest BCUT2D eigenvalue weighted by Gasteiger charge is 2.49. The first-order valence-electron chi connectivity index (χ1n) is 34.2. The third kappa shape index (κ3) is 9.51. The molecule has 0 N–H and O–H groups in total. The summed E-state index contributed by atoms with van der Waals surface area (Å²) < 4.78 is 2.74. The number of hydrogen-bond donors (Lipinski definition) is 0. The lowest BCUT2D eigenvalue weighted by molar-refractivity contribution is 0.332. The van der Waals surface area contributed by atoms with Crippen LogP contribution in [0.2, 0.25) is 0 Å². The molecule has 5 aliphatic rings. The molecule has 3 nitrogen and oxygen atoms in total. The first-order valence-corrected chi connectivity index (χ1v) is 35.0. The van der Waals surface area contributed by atoms with Crippen LogP contribution < -0.4 is 31.1 Å². The highest BCUT2D eigenvalue weighted by atomic mass is 32.1. The van der Waals surface area contributed by atoms with Crippen LogP contribution >= 0.6 is 11.3 Å². The lowest BCUT2D eigenvalue weighted by atomic mass is 9.33. The molecule has 0 saturated heterocycles. The Morgan fingerprint density at radius 2 is 0.833 bits per heavy atom. The number of benzene rings is 8. The predicted molar refractivity (Wildman–Crippen MR) is 395 cm³/mol. The Balaban J connectivity index is 1.17. The maximum atomic E-state index is 2.78. The van der Waals surface area contributed by atoms with Crippen LogP contribution in [-0.4, -0.2) is 6.71 Å². The quantitative estimate of drug-likeness (QED) is 0.159. The maximum absolute atomic E-state index is 2.78. The average Bonchev–Trinajstić information content (AvgIpc) is 0.840. The molecular formula is C85H100BN3S. The summed E-state index contributed by atoms with van der Waals surface area (Å²) in [6.45, 7) is 53.5. The molecule has 3 heterocycles. The van der Waals surface area contributed by atoms with E-state index in [0.717, 1.165) is 42.7 Å². The molecule has 2 aliphatic heterocycles. The summed E-state index contributed by atoms with van der Waals surface area (Å²) in [6.07, 6.45) is 6.93. The Kier molecular flexibility index (Phi) is 13.4. The molecule has 0 unspecified atom stereocenters. The number of nitrogens with zero attached hydrogens (tertiary/aromatic N) is 3. The molecule has 0 saturated carbocycles. The fraction of sp³-hybridized carbons (Fsp3) is 0.435. The smallest absolute Gasteiger partial charge is 0.252 e. The van der Waals surface area contributed by atoms with Crippen molar-refractivity contribution in [3.8, 4) is 0 Å². The van der Waals surface area contributed by atoms with Gasteiger partial charge in [0, 0.05) is 60.3 Å². The standard InChI is InChI=1S/C85H100BN3S/c1-51-42-62-65(84(19,20)40-38-81(62,13)14)48-69(51)89-71-50-74-59(58-24-23-25-61(76(58)90-74)79(8,9)10)46-67(71)86-68-47-64-66(85(21,22)41-39-83(64,17)18)49-70(68)88(56-34-35-60-63(43-56)82(15,16)37-36-80(60,11)12)72-44-57(45-73(89)75(72)86)87(54-30-26-52(27-31-54)77(2,3)4)55-32-28-53(29-33-55)78(5,6)7/h23-35,42-50H,36-41H2,1-22H3. The van der Waals surface area contributed by atoms with E-state index in [4.69, 9.17) is 0 Å². The number of thiophene rings is 1. The van der Waals surface area contributed by atoms with Crippen LogP contribution in [0.5, 0.6) is 0 Å². The van der Waals surface area contributed by atoms with Gasteiger partial charge in [-0.25, -0.2) is 0 Å². The fourth-order valence-electron chi connectivity index (χ4n) is 16.9. The van der Waals surface area contributed by atoms with Gasteiger partial charge >= 0.3 is 0 Å². The number of hydrogen-bond acceptors (Lipinski definition) is 4. The number of aryl methyl sites for hydroxylation is 1. The van der Waals surface area contributed by atoms with E-state index >= 15 is 0 Å². The molecule has 0 spiro atoms. The molecule has 3 aliphatic carbocycles. The van der Waals surface area contributed by atoms with Gasteiger partial charge in [0.05, 0.1) is 5.69 Å². The Morgan fingerprint density at radius 1 is 0.389 bits per heavy atom. The van der Waals surface area contributed by atoms with E-state index in [1.807, 2.05) is 11.3 Å². The van der Waals surface area contributed by atoms with E-state index in [1.54, 1.807) is 0 Å². The van der Waals surface area contributed by atoms with Crippen LogP contribution in [0.3, 0.4) is 0 Å². The molecule has 14 rings (SSSR count). The second-order valence-electron chi connectivity index (χ2n) is 35.5. The van der Waals surface area contributed by atoms with E-state index in [2.05, 4.69) is 300 Å². The van der Waals surface area contributed by atoms with Crippen LogP contribution in [-0.2, 0) is 48.7 Å². The second kappa shape index (κ2) is 19.7. The molecule has 0 bridgehead atoms. The van der Waals surface area contributed by atoms with Crippen molar-refractivity contribution >= 4 is 106 Å². The topological polar surface area (TPSA) is 9.72 Å². The zero-order valence-electron chi connectivity index (χ0n) is 58.8. The zero-order chi connectivity index (χ0) is 64.3. The predicted octanol–water partition coefficient (Wildman–Crippen LogP) is 22.9. The van der Waals surface area contributed by atoms with Crippen LogP contribution in [0.15, 0.2) is 133 Å².